The molecule has 1 aromatic heterocycles. The molecule has 0 spiro atoms. The van der Waals surface area contributed by atoms with Crippen LogP contribution in [-0.2, 0) is 28.8 Å². The van der Waals surface area contributed by atoms with Gasteiger partial charge in [-0.05, 0) is 42.5 Å². The summed E-state index contributed by atoms with van der Waals surface area (Å²) in [5.41, 5.74) is -0.594. The summed E-state index contributed by atoms with van der Waals surface area (Å²) < 4.78 is 44.7. The van der Waals surface area contributed by atoms with Crippen molar-refractivity contribution in [2.24, 2.45) is 0 Å². The van der Waals surface area contributed by atoms with E-state index in [2.05, 4.69) is 15.6 Å². The Morgan fingerprint density at radius 3 is 2.47 bits per heavy atom. The van der Waals surface area contributed by atoms with E-state index in [-0.39, 0.29) is 24.4 Å². The number of anilines is 2. The summed E-state index contributed by atoms with van der Waals surface area (Å²) in [5.74, 6) is -0.449. The van der Waals surface area contributed by atoms with Crippen molar-refractivity contribution in [2.75, 3.05) is 10.6 Å². The molecule has 0 fully saturated rings. The highest BCUT2D eigenvalue weighted by atomic mass is 35.5. The first-order valence-electron chi connectivity index (χ1n) is 9.20. The number of rotatable bonds is 7. The second-order valence-corrected chi connectivity index (χ2v) is 8.02. The van der Waals surface area contributed by atoms with Gasteiger partial charge in [-0.1, -0.05) is 11.6 Å². The van der Waals surface area contributed by atoms with Crippen LogP contribution in [0.15, 0.2) is 47.8 Å². The van der Waals surface area contributed by atoms with Crippen molar-refractivity contribution in [3.05, 3.63) is 69.1 Å². The van der Waals surface area contributed by atoms with Crippen molar-refractivity contribution in [1.82, 2.24) is 4.98 Å². The number of hydrogen-bond acceptors (Lipinski definition) is 5. The highest BCUT2D eigenvalue weighted by molar-refractivity contribution is 7.09. The number of amides is 2. The Balaban J connectivity index is 1.65. The molecule has 6 nitrogen and oxygen atoms in total. The van der Waals surface area contributed by atoms with E-state index in [0.717, 1.165) is 18.2 Å². The maximum atomic E-state index is 13.0. The molecule has 168 valence electrons. The summed E-state index contributed by atoms with van der Waals surface area (Å²) in [6.45, 7) is 1.40. The molecule has 11 heteroatoms. The van der Waals surface area contributed by atoms with Crippen LogP contribution in [0.4, 0.5) is 24.5 Å². The van der Waals surface area contributed by atoms with Gasteiger partial charge < -0.3 is 15.4 Å². The van der Waals surface area contributed by atoms with Gasteiger partial charge in [0.25, 0.3) is 0 Å². The average Bonchev–Trinajstić information content (AvgIpc) is 3.15. The Hall–Kier alpha value is -3.11. The molecule has 2 aromatic carbocycles. The Kier molecular flexibility index (Phi) is 7.37. The minimum absolute atomic E-state index is 0.0641. The zero-order chi connectivity index (χ0) is 23.3. The number of nitrogens with zero attached hydrogens (tertiary/aromatic N) is 1. The Morgan fingerprint density at radius 1 is 1.09 bits per heavy atom. The van der Waals surface area contributed by atoms with Gasteiger partial charge in [-0.3, -0.25) is 9.59 Å². The molecular weight excluding hydrogens is 467 g/mol. The van der Waals surface area contributed by atoms with Gasteiger partial charge in [-0.25, -0.2) is 4.98 Å². The third kappa shape index (κ3) is 6.69. The van der Waals surface area contributed by atoms with Crippen LogP contribution < -0.4 is 15.4 Å². The average molecular weight is 484 g/mol. The third-order valence-corrected chi connectivity index (χ3v) is 5.17. The molecule has 32 heavy (non-hydrogen) atoms. The fraction of sp³-hybridized carbons (Fsp3) is 0.190. The van der Waals surface area contributed by atoms with Crippen LogP contribution in [0.3, 0.4) is 0 Å². The molecule has 0 radical (unpaired) electrons. The first-order chi connectivity index (χ1) is 15.1. The fourth-order valence-electron chi connectivity index (χ4n) is 2.65. The van der Waals surface area contributed by atoms with Gasteiger partial charge in [0.15, 0.2) is 0 Å². The van der Waals surface area contributed by atoms with E-state index in [1.807, 2.05) is 0 Å². The van der Waals surface area contributed by atoms with E-state index in [0.29, 0.717) is 21.5 Å². The van der Waals surface area contributed by atoms with Gasteiger partial charge in [-0.15, -0.1) is 11.3 Å². The molecule has 0 saturated carbocycles. The SMILES string of the molecule is CC(=O)Nc1ccc(C(F)(F)F)cc1NC(=O)Cc1csc(COc2ccc(Cl)cc2)n1. The number of thiazole rings is 1. The minimum Gasteiger partial charge on any atom is -0.486 e. The van der Waals surface area contributed by atoms with Crippen LogP contribution in [0.1, 0.15) is 23.2 Å². The van der Waals surface area contributed by atoms with Crippen molar-refractivity contribution in [2.45, 2.75) is 26.1 Å². The number of aromatic nitrogens is 1. The monoisotopic (exact) mass is 483 g/mol. The predicted molar refractivity (Wildman–Crippen MR) is 116 cm³/mol. The maximum Gasteiger partial charge on any atom is 0.416 e. The predicted octanol–water partition coefficient (Wildman–Crippen LogP) is 5.53. The first-order valence-corrected chi connectivity index (χ1v) is 10.5. The summed E-state index contributed by atoms with van der Waals surface area (Å²) in [6.07, 6.45) is -4.75. The number of benzene rings is 2. The smallest absolute Gasteiger partial charge is 0.416 e. The van der Waals surface area contributed by atoms with Gasteiger partial charge >= 0.3 is 6.18 Å². The molecular formula is C21H17ClF3N3O3S. The number of ether oxygens (including phenoxy) is 1. The van der Waals surface area contributed by atoms with E-state index >= 15 is 0 Å². The number of alkyl halides is 3. The topological polar surface area (TPSA) is 80.3 Å². The number of halogens is 4. The van der Waals surface area contributed by atoms with E-state index in [1.54, 1.807) is 29.6 Å². The summed E-state index contributed by atoms with van der Waals surface area (Å²) in [7, 11) is 0. The van der Waals surface area contributed by atoms with E-state index in [9.17, 15) is 22.8 Å². The summed E-state index contributed by atoms with van der Waals surface area (Å²) in [5, 5.41) is 7.70. The molecule has 2 N–H and O–H groups in total. The van der Waals surface area contributed by atoms with Crippen LogP contribution in [-0.4, -0.2) is 16.8 Å². The van der Waals surface area contributed by atoms with Crippen LogP contribution >= 0.6 is 22.9 Å². The normalized spacial score (nSPS) is 11.2. The molecule has 3 rings (SSSR count). The maximum absolute atomic E-state index is 13.0. The minimum atomic E-state index is -4.60. The zero-order valence-electron chi connectivity index (χ0n) is 16.6. The Bertz CT molecular complexity index is 1120. The van der Waals surface area contributed by atoms with Crippen LogP contribution in [0, 0.1) is 0 Å². The molecule has 0 atom stereocenters. The van der Waals surface area contributed by atoms with Crippen molar-refractivity contribution in [1.29, 1.82) is 0 Å². The lowest BCUT2D eigenvalue weighted by Crippen LogP contribution is -2.18. The lowest BCUT2D eigenvalue weighted by atomic mass is 10.1. The second kappa shape index (κ2) is 10.0. The Morgan fingerprint density at radius 2 is 1.81 bits per heavy atom. The standard InChI is InChI=1S/C21H17ClF3N3O3S/c1-12(29)26-17-7-2-13(21(23,24)25)8-18(17)28-19(30)9-15-11-32-20(27-15)10-31-16-5-3-14(22)4-6-16/h2-8,11H,9-10H2,1H3,(H,26,29)(H,28,30). The quantitative estimate of drug-likeness (QED) is 0.463. The molecule has 0 bridgehead atoms. The lowest BCUT2D eigenvalue weighted by Gasteiger charge is -2.14. The summed E-state index contributed by atoms with van der Waals surface area (Å²) in [6, 6.07) is 9.51. The number of nitrogens with one attached hydrogen (secondary N) is 2. The van der Waals surface area contributed by atoms with Gasteiger partial charge in [0.2, 0.25) is 11.8 Å². The largest absolute Gasteiger partial charge is 0.486 e. The number of carbonyl (C=O) groups is 2. The summed E-state index contributed by atoms with van der Waals surface area (Å²) in [4.78, 5) is 28.1. The number of hydrogen-bond donors (Lipinski definition) is 2. The van der Waals surface area contributed by atoms with Gasteiger partial charge in [-0.2, -0.15) is 13.2 Å². The molecule has 3 aromatic rings. The van der Waals surface area contributed by atoms with Crippen LogP contribution in [0.25, 0.3) is 0 Å². The second-order valence-electron chi connectivity index (χ2n) is 6.64. The molecule has 2 amide bonds. The van der Waals surface area contributed by atoms with Crippen molar-refractivity contribution in [3.8, 4) is 5.75 Å². The molecule has 0 saturated heterocycles. The highest BCUT2D eigenvalue weighted by Gasteiger charge is 2.31. The molecule has 0 aliphatic rings. The molecule has 0 unspecified atom stereocenters. The van der Waals surface area contributed by atoms with Crippen LogP contribution in [0.2, 0.25) is 5.02 Å². The molecule has 0 aliphatic heterocycles. The Labute approximate surface area is 190 Å². The lowest BCUT2D eigenvalue weighted by molar-refractivity contribution is -0.137. The van der Waals surface area contributed by atoms with Gasteiger partial charge in [0.1, 0.15) is 17.4 Å². The van der Waals surface area contributed by atoms with Crippen LogP contribution in [0.5, 0.6) is 5.75 Å². The molecule has 1 heterocycles. The third-order valence-electron chi connectivity index (χ3n) is 4.05. The van der Waals surface area contributed by atoms with Gasteiger partial charge in [0, 0.05) is 17.3 Å². The van der Waals surface area contributed by atoms with Crippen molar-refractivity contribution in [3.63, 3.8) is 0 Å². The van der Waals surface area contributed by atoms with Gasteiger partial charge in [0.05, 0.1) is 29.1 Å². The first kappa shape index (κ1) is 23.6. The molecule has 0 aliphatic carbocycles. The zero-order valence-corrected chi connectivity index (χ0v) is 18.2. The highest BCUT2D eigenvalue weighted by Crippen LogP contribution is 2.34. The number of carbonyl (C=O) groups excluding carboxylic acids is 2. The van der Waals surface area contributed by atoms with E-state index in [4.69, 9.17) is 16.3 Å². The van der Waals surface area contributed by atoms with Crippen molar-refractivity contribution >= 4 is 46.1 Å². The van der Waals surface area contributed by atoms with Crippen molar-refractivity contribution < 1.29 is 27.5 Å². The fourth-order valence-corrected chi connectivity index (χ4v) is 3.48. The van der Waals surface area contributed by atoms with E-state index in [1.165, 1.54) is 18.3 Å². The van der Waals surface area contributed by atoms with E-state index < -0.39 is 23.6 Å². The summed E-state index contributed by atoms with van der Waals surface area (Å²) >= 11 is 7.11.